The predicted octanol–water partition coefficient (Wildman–Crippen LogP) is 2.25. The monoisotopic (exact) mass is 392 g/mol. The van der Waals surface area contributed by atoms with Crippen LogP contribution in [-0.4, -0.2) is 35.8 Å². The van der Waals surface area contributed by atoms with Gasteiger partial charge in [0.05, 0.1) is 5.56 Å². The quantitative estimate of drug-likeness (QED) is 0.474. The number of para-hydroxylation sites is 1. The summed E-state index contributed by atoms with van der Waals surface area (Å²) in [4.78, 5) is 50.0. The Morgan fingerprint density at radius 2 is 1.76 bits per heavy atom. The number of H-pyrrole nitrogens is 1. The van der Waals surface area contributed by atoms with Gasteiger partial charge in [-0.3, -0.25) is 14.4 Å². The maximum Gasteiger partial charge on any atom is 0.339 e. The average Bonchev–Trinajstić information content (AvgIpc) is 2.71. The minimum atomic E-state index is -0.729. The van der Waals surface area contributed by atoms with Gasteiger partial charge in [0.2, 0.25) is 11.5 Å². The number of fused-ring (bicyclic) bond motifs is 1. The fourth-order valence-electron chi connectivity index (χ4n) is 2.91. The summed E-state index contributed by atoms with van der Waals surface area (Å²) in [6.45, 7) is 1.55. The van der Waals surface area contributed by atoms with Crippen molar-refractivity contribution in [2.24, 2.45) is 0 Å². The van der Waals surface area contributed by atoms with Gasteiger partial charge >= 0.3 is 5.97 Å². The second-order valence-electron chi connectivity index (χ2n) is 6.52. The largest absolute Gasteiger partial charge is 0.454 e. The molecule has 3 rings (SSSR count). The van der Waals surface area contributed by atoms with E-state index in [1.807, 2.05) is 0 Å². The zero-order valence-corrected chi connectivity index (χ0v) is 15.9. The number of aromatic amines is 1. The number of carbonyl (C=O) groups excluding carboxylic acids is 3. The normalized spacial score (nSPS) is 10.5. The molecule has 29 heavy (non-hydrogen) atoms. The van der Waals surface area contributed by atoms with Gasteiger partial charge < -0.3 is 15.0 Å². The number of pyridine rings is 1. The molecule has 0 aliphatic heterocycles. The predicted molar refractivity (Wildman–Crippen MR) is 108 cm³/mol. The van der Waals surface area contributed by atoms with Gasteiger partial charge in [-0.2, -0.15) is 0 Å². The summed E-state index contributed by atoms with van der Waals surface area (Å²) in [5.41, 5.74) is 1.61. The first kappa shape index (κ1) is 20.0. The molecule has 0 aliphatic carbocycles. The highest BCUT2D eigenvalue weighted by molar-refractivity contribution is 6.05. The third-order valence-corrected chi connectivity index (χ3v) is 4.37. The molecule has 0 unspecified atom stereocenters. The van der Waals surface area contributed by atoms with Gasteiger partial charge in [0, 0.05) is 36.0 Å². The van der Waals surface area contributed by atoms with Crippen LogP contribution in [0.5, 0.6) is 0 Å². The molecule has 7 heteroatoms. The highest BCUT2D eigenvalue weighted by Crippen LogP contribution is 2.15. The van der Waals surface area contributed by atoms with E-state index >= 15 is 0 Å². The standard InChI is InChI=1S/C22H20N2O5/c1-14(25)23-11-10-15-6-8-16(9-7-15)20(26)13-29-22(28)18-12-21(27)24-19-5-3-2-4-17(18)19/h2-9,12H,10-11,13H2,1H3,(H,23,25)(H,24,27). The molecular formula is C22H20N2O5. The van der Waals surface area contributed by atoms with Crippen molar-refractivity contribution in [3.8, 4) is 0 Å². The lowest BCUT2D eigenvalue weighted by molar-refractivity contribution is -0.118. The van der Waals surface area contributed by atoms with Crippen molar-refractivity contribution < 1.29 is 19.1 Å². The van der Waals surface area contributed by atoms with E-state index < -0.39 is 18.1 Å². The number of benzene rings is 2. The molecule has 0 radical (unpaired) electrons. The van der Waals surface area contributed by atoms with Gasteiger partial charge in [-0.05, 0) is 18.1 Å². The van der Waals surface area contributed by atoms with Crippen LogP contribution in [0.15, 0.2) is 59.4 Å². The Kier molecular flexibility index (Phi) is 6.19. The van der Waals surface area contributed by atoms with Crippen molar-refractivity contribution in [3.63, 3.8) is 0 Å². The number of esters is 1. The lowest BCUT2D eigenvalue weighted by Crippen LogP contribution is -2.22. The number of rotatable bonds is 7. The molecule has 7 nitrogen and oxygen atoms in total. The van der Waals surface area contributed by atoms with Crippen LogP contribution in [0.2, 0.25) is 0 Å². The number of ether oxygens (including phenoxy) is 1. The molecule has 3 aromatic rings. The molecule has 0 saturated heterocycles. The van der Waals surface area contributed by atoms with Crippen LogP contribution >= 0.6 is 0 Å². The maximum atomic E-state index is 12.4. The SMILES string of the molecule is CC(=O)NCCc1ccc(C(=O)COC(=O)c2cc(=O)[nH]c3ccccc23)cc1. The molecular weight excluding hydrogens is 372 g/mol. The van der Waals surface area contributed by atoms with Crippen molar-refractivity contribution in [2.45, 2.75) is 13.3 Å². The van der Waals surface area contributed by atoms with E-state index in [2.05, 4.69) is 10.3 Å². The Labute approximate surface area is 166 Å². The number of Topliss-reactive ketones (excluding diaryl/α,β-unsaturated/α-hetero) is 1. The molecule has 0 spiro atoms. The summed E-state index contributed by atoms with van der Waals surface area (Å²) in [5.74, 6) is -1.17. The van der Waals surface area contributed by atoms with E-state index in [-0.39, 0.29) is 17.3 Å². The zero-order chi connectivity index (χ0) is 20.8. The Hall–Kier alpha value is -3.74. The lowest BCUT2D eigenvalue weighted by Gasteiger charge is -2.08. The zero-order valence-electron chi connectivity index (χ0n) is 15.9. The van der Waals surface area contributed by atoms with Crippen LogP contribution in [0.4, 0.5) is 0 Å². The van der Waals surface area contributed by atoms with Crippen molar-refractivity contribution >= 4 is 28.6 Å². The highest BCUT2D eigenvalue weighted by Gasteiger charge is 2.15. The van der Waals surface area contributed by atoms with Gasteiger partial charge in [-0.25, -0.2) is 4.79 Å². The van der Waals surface area contributed by atoms with E-state index in [0.717, 1.165) is 5.56 Å². The van der Waals surface area contributed by atoms with Crippen molar-refractivity contribution in [1.82, 2.24) is 10.3 Å². The molecule has 0 aliphatic rings. The Morgan fingerprint density at radius 3 is 2.48 bits per heavy atom. The molecule has 2 aromatic carbocycles. The number of aromatic nitrogens is 1. The molecule has 1 heterocycles. The second kappa shape index (κ2) is 8.97. The van der Waals surface area contributed by atoms with E-state index in [1.54, 1.807) is 48.5 Å². The van der Waals surface area contributed by atoms with Gasteiger partial charge in [-0.1, -0.05) is 42.5 Å². The molecule has 0 saturated carbocycles. The fraction of sp³-hybridized carbons (Fsp3) is 0.182. The summed E-state index contributed by atoms with van der Waals surface area (Å²) in [7, 11) is 0. The summed E-state index contributed by atoms with van der Waals surface area (Å²) in [6, 6.07) is 14.9. The summed E-state index contributed by atoms with van der Waals surface area (Å²) in [6.07, 6.45) is 0.651. The van der Waals surface area contributed by atoms with Crippen LogP contribution in [0.1, 0.15) is 33.2 Å². The number of hydrogen-bond acceptors (Lipinski definition) is 5. The Balaban J connectivity index is 1.63. The van der Waals surface area contributed by atoms with Crippen molar-refractivity contribution in [3.05, 3.63) is 81.6 Å². The third kappa shape index (κ3) is 5.16. The smallest absolute Gasteiger partial charge is 0.339 e. The topological polar surface area (TPSA) is 105 Å². The van der Waals surface area contributed by atoms with Gasteiger partial charge in [0.1, 0.15) is 0 Å². The van der Waals surface area contributed by atoms with Crippen LogP contribution in [0.25, 0.3) is 10.9 Å². The Bertz CT molecular complexity index is 1120. The molecule has 0 bridgehead atoms. The summed E-state index contributed by atoms with van der Waals surface area (Å²) < 4.78 is 5.14. The van der Waals surface area contributed by atoms with Crippen LogP contribution in [0.3, 0.4) is 0 Å². The average molecular weight is 392 g/mol. The first-order valence-corrected chi connectivity index (χ1v) is 9.10. The number of ketones is 1. The molecule has 2 N–H and O–H groups in total. The lowest BCUT2D eigenvalue weighted by atomic mass is 10.1. The maximum absolute atomic E-state index is 12.4. The van der Waals surface area contributed by atoms with Gasteiger partial charge in [0.25, 0.3) is 0 Å². The van der Waals surface area contributed by atoms with E-state index in [0.29, 0.717) is 29.4 Å². The van der Waals surface area contributed by atoms with E-state index in [4.69, 9.17) is 4.74 Å². The molecule has 1 amide bonds. The number of carbonyl (C=O) groups is 3. The first-order valence-electron chi connectivity index (χ1n) is 9.10. The van der Waals surface area contributed by atoms with E-state index in [1.165, 1.54) is 13.0 Å². The Morgan fingerprint density at radius 1 is 1.03 bits per heavy atom. The molecule has 148 valence electrons. The second-order valence-corrected chi connectivity index (χ2v) is 6.52. The fourth-order valence-corrected chi connectivity index (χ4v) is 2.91. The first-order chi connectivity index (χ1) is 13.9. The van der Waals surface area contributed by atoms with Crippen LogP contribution in [-0.2, 0) is 16.0 Å². The molecule has 0 fully saturated rings. The van der Waals surface area contributed by atoms with Crippen LogP contribution in [0, 0.1) is 0 Å². The van der Waals surface area contributed by atoms with Gasteiger partial charge in [0.15, 0.2) is 12.4 Å². The number of hydrogen-bond donors (Lipinski definition) is 2. The minimum absolute atomic E-state index is 0.0909. The molecule has 1 aromatic heterocycles. The highest BCUT2D eigenvalue weighted by atomic mass is 16.5. The van der Waals surface area contributed by atoms with Crippen LogP contribution < -0.4 is 10.9 Å². The minimum Gasteiger partial charge on any atom is -0.454 e. The number of nitrogens with one attached hydrogen (secondary N) is 2. The van der Waals surface area contributed by atoms with E-state index in [9.17, 15) is 19.2 Å². The molecule has 0 atom stereocenters. The van der Waals surface area contributed by atoms with Crippen molar-refractivity contribution in [1.29, 1.82) is 0 Å². The summed E-state index contributed by atoms with van der Waals surface area (Å²) >= 11 is 0. The van der Waals surface area contributed by atoms with Gasteiger partial charge in [-0.15, -0.1) is 0 Å². The number of amides is 1. The van der Waals surface area contributed by atoms with Crippen molar-refractivity contribution in [2.75, 3.05) is 13.2 Å². The third-order valence-electron chi connectivity index (χ3n) is 4.37. The summed E-state index contributed by atoms with van der Waals surface area (Å²) in [5, 5.41) is 3.26.